The van der Waals surface area contributed by atoms with E-state index in [1.807, 2.05) is 11.6 Å². The monoisotopic (exact) mass is 465 g/mol. The van der Waals surface area contributed by atoms with Crippen molar-refractivity contribution in [1.29, 1.82) is 0 Å². The number of benzene rings is 1. The quantitative estimate of drug-likeness (QED) is 0.721. The van der Waals surface area contributed by atoms with Gasteiger partial charge in [0.2, 0.25) is 5.91 Å². The molecule has 1 aromatic heterocycles. The maximum absolute atomic E-state index is 14.4. The van der Waals surface area contributed by atoms with Crippen LogP contribution in [0, 0.1) is 11.2 Å². The molecule has 0 saturated carbocycles. The van der Waals surface area contributed by atoms with Crippen LogP contribution in [0.5, 0.6) is 0 Å². The molecule has 0 unspecified atom stereocenters. The van der Waals surface area contributed by atoms with E-state index in [2.05, 4.69) is 48.2 Å². The van der Waals surface area contributed by atoms with Crippen molar-refractivity contribution in [3.05, 3.63) is 40.4 Å². The Bertz CT molecular complexity index is 962. The second-order valence-corrected chi connectivity index (χ2v) is 9.89. The Labute approximate surface area is 194 Å². The van der Waals surface area contributed by atoms with Crippen LogP contribution in [0.3, 0.4) is 0 Å². The fourth-order valence-electron chi connectivity index (χ4n) is 3.11. The van der Waals surface area contributed by atoms with Crippen LogP contribution in [-0.2, 0) is 17.9 Å². The number of nitrogens with one attached hydrogen (secondary N) is 2. The molecule has 0 aliphatic carbocycles. The number of aromatic nitrogens is 2. The summed E-state index contributed by atoms with van der Waals surface area (Å²) in [5.41, 5.74) is 1.64. The standard InChI is InChI=1S/C18H21ClFN5O2.C5H12/c1-21-15(26)9-22-18(27)16-14-10-24(2)6-3-7-25(14)17(23-16)12-8-11(19)4-5-13(12)20;1-5(2,3)4/h4-5,8H,3,6-7,9-10H2,1-2H3,(H,21,26)(H,22,27);1-4H3. The summed E-state index contributed by atoms with van der Waals surface area (Å²) in [5.74, 6) is -0.870. The van der Waals surface area contributed by atoms with E-state index < -0.39 is 11.7 Å². The van der Waals surface area contributed by atoms with Crippen molar-refractivity contribution < 1.29 is 14.0 Å². The summed E-state index contributed by atoms with van der Waals surface area (Å²) in [6, 6.07) is 4.26. The first-order valence-electron chi connectivity index (χ1n) is 10.6. The van der Waals surface area contributed by atoms with Crippen LogP contribution in [-0.4, -0.2) is 53.5 Å². The van der Waals surface area contributed by atoms with E-state index in [-0.39, 0.29) is 23.7 Å². The molecular formula is C23H33ClFN5O2. The van der Waals surface area contributed by atoms with E-state index in [1.54, 1.807) is 0 Å². The van der Waals surface area contributed by atoms with Gasteiger partial charge in [-0.15, -0.1) is 0 Å². The molecule has 0 bridgehead atoms. The molecule has 176 valence electrons. The second-order valence-electron chi connectivity index (χ2n) is 9.45. The van der Waals surface area contributed by atoms with Gasteiger partial charge in [0.1, 0.15) is 11.6 Å². The minimum atomic E-state index is -0.466. The highest BCUT2D eigenvalue weighted by Crippen LogP contribution is 2.29. The first-order valence-corrected chi connectivity index (χ1v) is 11.0. The number of fused-ring (bicyclic) bond motifs is 1. The molecule has 9 heteroatoms. The topological polar surface area (TPSA) is 79.3 Å². The highest BCUT2D eigenvalue weighted by atomic mass is 35.5. The Hall–Kier alpha value is -2.45. The third-order valence-corrected chi connectivity index (χ3v) is 4.72. The molecule has 2 amide bonds. The average Bonchev–Trinajstić information content (AvgIpc) is 2.92. The van der Waals surface area contributed by atoms with Crippen molar-refractivity contribution in [3.63, 3.8) is 0 Å². The van der Waals surface area contributed by atoms with Gasteiger partial charge in [-0.3, -0.25) is 9.59 Å². The lowest BCUT2D eigenvalue weighted by Crippen LogP contribution is -2.36. The number of hydrogen-bond donors (Lipinski definition) is 2. The third-order valence-electron chi connectivity index (χ3n) is 4.49. The first-order chi connectivity index (χ1) is 14.9. The lowest BCUT2D eigenvalue weighted by Gasteiger charge is -2.13. The number of likely N-dealkylation sites (N-methyl/N-ethyl adjacent to an activating group) is 1. The molecular weight excluding hydrogens is 433 g/mol. The maximum atomic E-state index is 14.4. The van der Waals surface area contributed by atoms with Crippen molar-refractivity contribution in [2.24, 2.45) is 5.41 Å². The van der Waals surface area contributed by atoms with Crippen LogP contribution < -0.4 is 10.6 Å². The van der Waals surface area contributed by atoms with E-state index in [0.717, 1.165) is 13.0 Å². The molecule has 1 aliphatic rings. The van der Waals surface area contributed by atoms with Crippen molar-refractivity contribution in [2.75, 3.05) is 27.2 Å². The van der Waals surface area contributed by atoms with Gasteiger partial charge in [0.25, 0.3) is 5.91 Å². The van der Waals surface area contributed by atoms with Gasteiger partial charge < -0.3 is 20.1 Å². The highest BCUT2D eigenvalue weighted by molar-refractivity contribution is 6.30. The molecule has 0 radical (unpaired) electrons. The summed E-state index contributed by atoms with van der Waals surface area (Å²) in [7, 11) is 3.45. The van der Waals surface area contributed by atoms with Crippen LogP contribution in [0.1, 0.15) is 50.3 Å². The van der Waals surface area contributed by atoms with E-state index in [0.29, 0.717) is 35.0 Å². The summed E-state index contributed by atoms with van der Waals surface area (Å²) < 4.78 is 16.3. The number of hydrogen-bond acceptors (Lipinski definition) is 4. The van der Waals surface area contributed by atoms with Gasteiger partial charge in [0.05, 0.1) is 17.8 Å². The van der Waals surface area contributed by atoms with Crippen LogP contribution in [0.25, 0.3) is 11.4 Å². The van der Waals surface area contributed by atoms with Gasteiger partial charge in [-0.2, -0.15) is 0 Å². The lowest BCUT2D eigenvalue weighted by molar-refractivity contribution is -0.119. The molecule has 1 aromatic carbocycles. The predicted octanol–water partition coefficient (Wildman–Crippen LogP) is 3.71. The van der Waals surface area contributed by atoms with Gasteiger partial charge in [-0.1, -0.05) is 39.3 Å². The van der Waals surface area contributed by atoms with Crippen molar-refractivity contribution in [1.82, 2.24) is 25.1 Å². The van der Waals surface area contributed by atoms with Crippen molar-refractivity contribution in [3.8, 4) is 11.4 Å². The predicted molar refractivity (Wildman–Crippen MR) is 125 cm³/mol. The number of nitrogens with zero attached hydrogens (tertiary/aromatic N) is 3. The first kappa shape index (κ1) is 25.8. The number of imidazole rings is 1. The lowest BCUT2D eigenvalue weighted by atomic mass is 10.0. The molecule has 2 aromatic rings. The number of halogens is 2. The number of carbonyl (C=O) groups is 2. The molecule has 2 heterocycles. The number of rotatable bonds is 4. The van der Waals surface area contributed by atoms with Gasteiger partial charge in [-0.25, -0.2) is 9.37 Å². The summed E-state index contributed by atoms with van der Waals surface area (Å²) in [6.45, 7) is 10.5. The van der Waals surface area contributed by atoms with Crippen LogP contribution in [0.4, 0.5) is 4.39 Å². The summed E-state index contributed by atoms with van der Waals surface area (Å²) in [4.78, 5) is 30.6. The zero-order valence-corrected chi connectivity index (χ0v) is 20.4. The molecule has 1 aliphatic heterocycles. The smallest absolute Gasteiger partial charge is 0.272 e. The van der Waals surface area contributed by atoms with Gasteiger partial charge >= 0.3 is 0 Å². The van der Waals surface area contributed by atoms with E-state index in [9.17, 15) is 14.0 Å². The van der Waals surface area contributed by atoms with Gasteiger partial charge in [-0.05, 0) is 43.6 Å². The summed E-state index contributed by atoms with van der Waals surface area (Å²) in [5, 5.41) is 5.39. The molecule has 0 saturated heterocycles. The molecule has 32 heavy (non-hydrogen) atoms. The minimum Gasteiger partial charge on any atom is -0.358 e. The zero-order chi connectivity index (χ0) is 24.1. The second kappa shape index (κ2) is 10.9. The minimum absolute atomic E-state index is 0.154. The molecule has 3 rings (SSSR count). The summed E-state index contributed by atoms with van der Waals surface area (Å²) >= 11 is 6.04. The fraction of sp³-hybridized carbons (Fsp3) is 0.522. The van der Waals surface area contributed by atoms with Crippen LogP contribution in [0.15, 0.2) is 18.2 Å². The molecule has 7 nitrogen and oxygen atoms in total. The zero-order valence-electron chi connectivity index (χ0n) is 19.7. The van der Waals surface area contributed by atoms with Crippen molar-refractivity contribution in [2.45, 2.75) is 47.2 Å². The summed E-state index contributed by atoms with van der Waals surface area (Å²) in [6.07, 6.45) is 0.842. The Morgan fingerprint density at radius 3 is 2.50 bits per heavy atom. The highest BCUT2D eigenvalue weighted by Gasteiger charge is 2.27. The number of carbonyl (C=O) groups excluding carboxylic acids is 2. The largest absolute Gasteiger partial charge is 0.358 e. The Morgan fingerprint density at radius 2 is 1.88 bits per heavy atom. The SMILES string of the molecule is CC(C)(C)C.CNC(=O)CNC(=O)c1nc(-c2cc(Cl)ccc2F)n2c1CN(C)CCC2. The maximum Gasteiger partial charge on any atom is 0.272 e. The average molecular weight is 466 g/mol. The Kier molecular flexibility index (Phi) is 8.81. The van der Waals surface area contributed by atoms with Crippen molar-refractivity contribution >= 4 is 23.4 Å². The molecule has 0 fully saturated rings. The number of amides is 2. The van der Waals surface area contributed by atoms with Crippen LogP contribution >= 0.6 is 11.6 Å². The third kappa shape index (κ3) is 7.31. The van der Waals surface area contributed by atoms with E-state index in [1.165, 1.54) is 25.2 Å². The fourth-order valence-corrected chi connectivity index (χ4v) is 3.28. The normalized spacial score (nSPS) is 14.0. The molecule has 0 atom stereocenters. The molecule has 0 spiro atoms. The Balaban J connectivity index is 0.000000654. The van der Waals surface area contributed by atoms with E-state index in [4.69, 9.17) is 11.6 Å². The van der Waals surface area contributed by atoms with Crippen LogP contribution in [0.2, 0.25) is 5.02 Å². The van der Waals surface area contributed by atoms with Gasteiger partial charge in [0, 0.05) is 25.2 Å². The Morgan fingerprint density at radius 1 is 1.22 bits per heavy atom. The molecule has 2 N–H and O–H groups in total. The van der Waals surface area contributed by atoms with Gasteiger partial charge in [0.15, 0.2) is 5.69 Å². The van der Waals surface area contributed by atoms with E-state index >= 15 is 0 Å².